The molecule has 2 fully saturated rings. The largest absolute Gasteiger partial charge is 0.508 e. The van der Waals surface area contributed by atoms with Gasteiger partial charge in [-0.3, -0.25) is 9.59 Å². The molecule has 0 radical (unpaired) electrons. The number of hydrogen-bond donors (Lipinski definition) is 2. The van der Waals surface area contributed by atoms with Gasteiger partial charge < -0.3 is 19.7 Å². The van der Waals surface area contributed by atoms with Gasteiger partial charge in [0.15, 0.2) is 0 Å². The zero-order valence-electron chi connectivity index (χ0n) is 21.3. The molecule has 2 N–H and O–H groups in total. The van der Waals surface area contributed by atoms with E-state index < -0.39 is 0 Å². The molecule has 2 aliphatic carbocycles. The van der Waals surface area contributed by atoms with Crippen LogP contribution in [0, 0.1) is 11.8 Å². The number of ether oxygens (including phenoxy) is 2. The van der Waals surface area contributed by atoms with Crippen LogP contribution >= 0.6 is 0 Å². The summed E-state index contributed by atoms with van der Waals surface area (Å²) in [5.74, 6) is 1.31. The molecule has 2 saturated carbocycles. The highest BCUT2D eigenvalue weighted by Crippen LogP contribution is 2.54. The van der Waals surface area contributed by atoms with Gasteiger partial charge >= 0.3 is 11.9 Å². The fourth-order valence-corrected chi connectivity index (χ4v) is 5.44. The molecule has 0 spiro atoms. The Kier molecular flexibility index (Phi) is 8.55. The maximum absolute atomic E-state index is 12.3. The van der Waals surface area contributed by atoms with Crippen LogP contribution in [0.4, 0.5) is 0 Å². The average Bonchev–Trinajstić information content (AvgIpc) is 3.75. The predicted octanol–water partition coefficient (Wildman–Crippen LogP) is 6.17. The Balaban J connectivity index is 1.49. The molecular weight excluding hydrogens is 456 g/mol. The second-order valence-corrected chi connectivity index (χ2v) is 10.4. The van der Waals surface area contributed by atoms with E-state index in [2.05, 4.69) is 6.07 Å². The van der Waals surface area contributed by atoms with E-state index in [9.17, 15) is 19.8 Å². The molecule has 36 heavy (non-hydrogen) atoms. The van der Waals surface area contributed by atoms with Crippen LogP contribution in [0.3, 0.4) is 0 Å². The van der Waals surface area contributed by atoms with Crippen LogP contribution in [-0.2, 0) is 19.1 Å². The van der Waals surface area contributed by atoms with Gasteiger partial charge in [0, 0.05) is 0 Å². The maximum Gasteiger partial charge on any atom is 0.306 e. The van der Waals surface area contributed by atoms with E-state index in [1.165, 1.54) is 12.8 Å². The van der Waals surface area contributed by atoms with Gasteiger partial charge in [-0.25, -0.2) is 0 Å². The van der Waals surface area contributed by atoms with Gasteiger partial charge in [0.05, 0.1) is 26.1 Å². The molecule has 4 rings (SSSR count). The number of benzene rings is 2. The van der Waals surface area contributed by atoms with Crippen molar-refractivity contribution in [2.45, 2.75) is 76.5 Å². The van der Waals surface area contributed by atoms with E-state index in [4.69, 9.17) is 9.47 Å². The standard InChI is InChI=1S/C30H38O6/c1-3-35-29(33)17-21(10-19-8-9-19)22-11-24(15-27(32)14-22)28-16-25(28)12-23(18-30(34)36-4-2)20-6-5-7-26(31)13-20/h5-7,11,13-15,19,21,23,25,28,31-32H,3-4,8-10,12,16-18H2,1-2H3/t21-,23+,25?,28?/m1/s1. The van der Waals surface area contributed by atoms with Crippen molar-refractivity contribution in [3.63, 3.8) is 0 Å². The van der Waals surface area contributed by atoms with Crippen molar-refractivity contribution < 1.29 is 29.3 Å². The van der Waals surface area contributed by atoms with Gasteiger partial charge in [0.1, 0.15) is 11.5 Å². The lowest BCUT2D eigenvalue weighted by atomic mass is 9.87. The van der Waals surface area contributed by atoms with Gasteiger partial charge in [0.25, 0.3) is 0 Å². The third-order valence-electron chi connectivity index (χ3n) is 7.47. The zero-order valence-corrected chi connectivity index (χ0v) is 21.3. The Morgan fingerprint density at radius 1 is 0.861 bits per heavy atom. The van der Waals surface area contributed by atoms with Crippen LogP contribution in [0.5, 0.6) is 11.5 Å². The minimum atomic E-state index is -0.232. The van der Waals surface area contributed by atoms with E-state index in [0.717, 1.165) is 36.0 Å². The Morgan fingerprint density at radius 2 is 1.50 bits per heavy atom. The Hall–Kier alpha value is -3.02. The molecule has 0 aliphatic heterocycles. The van der Waals surface area contributed by atoms with Gasteiger partial charge in [-0.15, -0.1) is 0 Å². The van der Waals surface area contributed by atoms with E-state index in [0.29, 0.717) is 37.4 Å². The first kappa shape index (κ1) is 26.1. The number of phenolic OH excluding ortho intramolecular Hbond substituents is 2. The van der Waals surface area contributed by atoms with Crippen LogP contribution in [-0.4, -0.2) is 35.4 Å². The summed E-state index contributed by atoms with van der Waals surface area (Å²) in [5.41, 5.74) is 3.03. The molecule has 0 bridgehead atoms. The number of phenols is 2. The summed E-state index contributed by atoms with van der Waals surface area (Å²) >= 11 is 0. The third kappa shape index (κ3) is 7.25. The van der Waals surface area contributed by atoms with E-state index in [1.54, 1.807) is 31.2 Å². The fraction of sp³-hybridized carbons (Fsp3) is 0.533. The highest BCUT2D eigenvalue weighted by molar-refractivity contribution is 5.71. The number of hydrogen-bond acceptors (Lipinski definition) is 6. The predicted molar refractivity (Wildman–Crippen MR) is 137 cm³/mol. The second kappa shape index (κ2) is 11.8. The first-order valence-electron chi connectivity index (χ1n) is 13.3. The normalized spacial score (nSPS) is 20.4. The highest BCUT2D eigenvalue weighted by atomic mass is 16.5. The van der Waals surface area contributed by atoms with E-state index in [1.807, 2.05) is 19.1 Å². The summed E-state index contributed by atoms with van der Waals surface area (Å²) in [5, 5.41) is 20.5. The molecule has 6 heteroatoms. The van der Waals surface area contributed by atoms with Crippen molar-refractivity contribution in [1.82, 2.24) is 0 Å². The number of carbonyl (C=O) groups is 2. The quantitative estimate of drug-likeness (QED) is 0.324. The molecule has 0 amide bonds. The minimum absolute atomic E-state index is 0.0449. The summed E-state index contributed by atoms with van der Waals surface area (Å²) in [7, 11) is 0. The minimum Gasteiger partial charge on any atom is -0.508 e. The summed E-state index contributed by atoms with van der Waals surface area (Å²) < 4.78 is 10.4. The smallest absolute Gasteiger partial charge is 0.306 e. The van der Waals surface area contributed by atoms with Gasteiger partial charge in [-0.05, 0) is 104 Å². The van der Waals surface area contributed by atoms with Gasteiger partial charge in [-0.2, -0.15) is 0 Å². The second-order valence-electron chi connectivity index (χ2n) is 10.4. The van der Waals surface area contributed by atoms with Crippen molar-refractivity contribution in [3.8, 4) is 11.5 Å². The van der Waals surface area contributed by atoms with Crippen molar-refractivity contribution >= 4 is 11.9 Å². The molecule has 6 nitrogen and oxygen atoms in total. The summed E-state index contributed by atoms with van der Waals surface area (Å²) in [6.45, 7) is 4.34. The molecule has 0 aromatic heterocycles. The molecule has 2 unspecified atom stereocenters. The lowest BCUT2D eigenvalue weighted by Crippen LogP contribution is -2.12. The molecule has 2 aromatic carbocycles. The van der Waals surface area contributed by atoms with Crippen molar-refractivity contribution in [2.24, 2.45) is 11.8 Å². The van der Waals surface area contributed by atoms with Crippen LogP contribution in [0.25, 0.3) is 0 Å². The molecule has 4 atom stereocenters. The lowest BCUT2D eigenvalue weighted by Gasteiger charge is -2.19. The number of rotatable bonds is 13. The van der Waals surface area contributed by atoms with Crippen molar-refractivity contribution in [2.75, 3.05) is 13.2 Å². The third-order valence-corrected chi connectivity index (χ3v) is 7.47. The molecule has 0 heterocycles. The number of carbonyl (C=O) groups excluding carboxylic acids is 2. The highest BCUT2D eigenvalue weighted by Gasteiger charge is 2.41. The Morgan fingerprint density at radius 3 is 2.11 bits per heavy atom. The maximum atomic E-state index is 12.3. The van der Waals surface area contributed by atoms with Gasteiger partial charge in [-0.1, -0.05) is 31.0 Å². The SMILES string of the molecule is CCOC(=O)C[C@H](CC1CC1c1cc(O)cc([C@@H](CC(=O)OCC)CC2CC2)c1)c1cccc(O)c1. The zero-order chi connectivity index (χ0) is 25.7. The molecule has 0 saturated heterocycles. The number of esters is 2. The lowest BCUT2D eigenvalue weighted by molar-refractivity contribution is -0.144. The molecular formula is C30H38O6. The molecule has 2 aliphatic rings. The van der Waals surface area contributed by atoms with Crippen molar-refractivity contribution in [3.05, 3.63) is 59.2 Å². The monoisotopic (exact) mass is 494 g/mol. The topological polar surface area (TPSA) is 93.1 Å². The van der Waals surface area contributed by atoms with Crippen LogP contribution < -0.4 is 0 Å². The van der Waals surface area contributed by atoms with Crippen LogP contribution in [0.15, 0.2) is 42.5 Å². The summed E-state index contributed by atoms with van der Waals surface area (Å²) in [4.78, 5) is 24.6. The Bertz CT molecular complexity index is 1060. The van der Waals surface area contributed by atoms with E-state index in [-0.39, 0.29) is 41.7 Å². The number of aromatic hydroxyl groups is 2. The first-order valence-corrected chi connectivity index (χ1v) is 13.3. The van der Waals surface area contributed by atoms with E-state index >= 15 is 0 Å². The summed E-state index contributed by atoms with van der Waals surface area (Å²) in [6, 6.07) is 12.9. The molecule has 194 valence electrons. The molecule has 2 aromatic rings. The summed E-state index contributed by atoms with van der Waals surface area (Å²) in [6.07, 6.45) is 5.72. The van der Waals surface area contributed by atoms with Gasteiger partial charge in [0.2, 0.25) is 0 Å². The Labute approximate surface area is 213 Å². The average molecular weight is 495 g/mol. The van der Waals surface area contributed by atoms with Crippen molar-refractivity contribution in [1.29, 1.82) is 0 Å². The van der Waals surface area contributed by atoms with Crippen LogP contribution in [0.2, 0.25) is 0 Å². The van der Waals surface area contributed by atoms with Crippen LogP contribution in [0.1, 0.15) is 93.2 Å². The first-order chi connectivity index (χ1) is 17.4. The fourth-order valence-electron chi connectivity index (χ4n) is 5.44.